The summed E-state index contributed by atoms with van der Waals surface area (Å²) in [6, 6.07) is 13.9. The van der Waals surface area contributed by atoms with Crippen molar-refractivity contribution in [2.45, 2.75) is 33.1 Å². The van der Waals surface area contributed by atoms with Crippen LogP contribution < -0.4 is 14.8 Å². The summed E-state index contributed by atoms with van der Waals surface area (Å²) in [6.07, 6.45) is 0. The fraction of sp³-hybridized carbons (Fsp3) is 0.409. The Labute approximate surface area is 156 Å². The van der Waals surface area contributed by atoms with E-state index in [1.54, 1.807) is 14.2 Å². The minimum atomic E-state index is -0.591. The maximum atomic E-state index is 12.6. The van der Waals surface area contributed by atoms with Gasteiger partial charge in [-0.05, 0) is 37.0 Å². The minimum absolute atomic E-state index is 0.0397. The molecule has 4 nitrogen and oxygen atoms in total. The van der Waals surface area contributed by atoms with Crippen molar-refractivity contribution in [1.82, 2.24) is 5.32 Å². The molecule has 2 aromatic rings. The second-order valence-electron chi connectivity index (χ2n) is 7.35. The number of rotatable bonds is 7. The van der Waals surface area contributed by atoms with Crippen LogP contribution in [0.15, 0.2) is 42.5 Å². The van der Waals surface area contributed by atoms with Gasteiger partial charge in [0.25, 0.3) is 0 Å². The molecule has 0 fully saturated rings. The fourth-order valence-electron chi connectivity index (χ4n) is 2.83. The zero-order valence-electron chi connectivity index (χ0n) is 16.6. The Hall–Kier alpha value is -2.49. The van der Waals surface area contributed by atoms with Gasteiger partial charge in [0.1, 0.15) is 0 Å². The van der Waals surface area contributed by atoms with E-state index >= 15 is 0 Å². The van der Waals surface area contributed by atoms with Gasteiger partial charge in [-0.1, -0.05) is 50.2 Å². The highest BCUT2D eigenvalue weighted by atomic mass is 16.5. The Kier molecular flexibility index (Phi) is 6.30. The quantitative estimate of drug-likeness (QED) is 0.800. The Balaban J connectivity index is 2.30. The summed E-state index contributed by atoms with van der Waals surface area (Å²) in [5.41, 5.74) is 2.36. The molecule has 0 aliphatic rings. The zero-order valence-corrected chi connectivity index (χ0v) is 16.6. The number of ether oxygens (including phenoxy) is 2. The van der Waals surface area contributed by atoms with Crippen LogP contribution in [0.25, 0.3) is 11.1 Å². The fourth-order valence-corrected chi connectivity index (χ4v) is 2.83. The molecule has 2 rings (SSSR count). The van der Waals surface area contributed by atoms with Crippen LogP contribution in [0.4, 0.5) is 0 Å². The summed E-state index contributed by atoms with van der Waals surface area (Å²) in [7, 11) is 3.26. The van der Waals surface area contributed by atoms with Crippen LogP contribution in [-0.2, 0) is 10.2 Å². The zero-order chi connectivity index (χ0) is 19.3. The van der Waals surface area contributed by atoms with E-state index in [-0.39, 0.29) is 5.91 Å². The van der Waals surface area contributed by atoms with E-state index in [1.165, 1.54) is 0 Å². The Morgan fingerprint density at radius 2 is 1.69 bits per heavy atom. The number of benzene rings is 2. The Morgan fingerprint density at radius 3 is 2.23 bits per heavy atom. The van der Waals surface area contributed by atoms with Crippen molar-refractivity contribution in [2.24, 2.45) is 5.92 Å². The number of hydrogen-bond donors (Lipinski definition) is 1. The first kappa shape index (κ1) is 19.8. The van der Waals surface area contributed by atoms with Crippen LogP contribution in [0.1, 0.15) is 33.3 Å². The second kappa shape index (κ2) is 8.26. The smallest absolute Gasteiger partial charge is 0.230 e. The van der Waals surface area contributed by atoms with Gasteiger partial charge in [0.2, 0.25) is 5.91 Å². The van der Waals surface area contributed by atoms with Gasteiger partial charge in [0, 0.05) is 12.1 Å². The van der Waals surface area contributed by atoms with E-state index in [0.29, 0.717) is 24.0 Å². The molecular formula is C22H29NO3. The lowest BCUT2D eigenvalue weighted by atomic mass is 9.83. The van der Waals surface area contributed by atoms with Crippen molar-refractivity contribution in [3.05, 3.63) is 48.0 Å². The minimum Gasteiger partial charge on any atom is -0.493 e. The molecule has 140 valence electrons. The van der Waals surface area contributed by atoms with Gasteiger partial charge >= 0.3 is 0 Å². The second-order valence-corrected chi connectivity index (χ2v) is 7.35. The van der Waals surface area contributed by atoms with Crippen LogP contribution in [0, 0.1) is 5.92 Å². The number of amides is 1. The first-order chi connectivity index (χ1) is 12.3. The third kappa shape index (κ3) is 4.18. The van der Waals surface area contributed by atoms with Crippen molar-refractivity contribution in [3.63, 3.8) is 0 Å². The number of nitrogens with one attached hydrogen (secondary N) is 1. The predicted octanol–water partition coefficient (Wildman–Crippen LogP) is 4.42. The molecule has 0 aliphatic carbocycles. The van der Waals surface area contributed by atoms with Crippen LogP contribution in [0.5, 0.6) is 11.5 Å². The lowest BCUT2D eigenvalue weighted by molar-refractivity contribution is -0.125. The van der Waals surface area contributed by atoms with Gasteiger partial charge in [0.05, 0.1) is 19.6 Å². The van der Waals surface area contributed by atoms with E-state index in [2.05, 4.69) is 19.2 Å². The number of methoxy groups -OCH3 is 2. The standard InChI is InChI=1S/C22H29NO3/c1-15(2)14-23-21(24)22(3,4)17-12-10-16(11-13-17)18-8-7-9-19(25-5)20(18)26-6/h7-13,15H,14H2,1-6H3,(H,23,24). The first-order valence-electron chi connectivity index (χ1n) is 8.91. The number of para-hydroxylation sites is 1. The number of carbonyl (C=O) groups excluding carboxylic acids is 1. The van der Waals surface area contributed by atoms with Crippen LogP contribution in [0.3, 0.4) is 0 Å². The van der Waals surface area contributed by atoms with Gasteiger partial charge < -0.3 is 14.8 Å². The molecule has 0 bridgehead atoms. The monoisotopic (exact) mass is 355 g/mol. The topological polar surface area (TPSA) is 47.6 Å². The number of carbonyl (C=O) groups is 1. The van der Waals surface area contributed by atoms with E-state index in [9.17, 15) is 4.79 Å². The summed E-state index contributed by atoms with van der Waals surface area (Å²) in [4.78, 5) is 12.6. The average molecular weight is 355 g/mol. The van der Waals surface area contributed by atoms with E-state index < -0.39 is 5.41 Å². The molecule has 1 amide bonds. The van der Waals surface area contributed by atoms with Crippen molar-refractivity contribution in [1.29, 1.82) is 0 Å². The summed E-state index contributed by atoms with van der Waals surface area (Å²) in [5, 5.41) is 3.03. The lowest BCUT2D eigenvalue weighted by Gasteiger charge is -2.25. The molecule has 1 N–H and O–H groups in total. The van der Waals surface area contributed by atoms with Crippen LogP contribution >= 0.6 is 0 Å². The number of hydrogen-bond acceptors (Lipinski definition) is 3. The van der Waals surface area contributed by atoms with Crippen molar-refractivity contribution in [3.8, 4) is 22.6 Å². The molecular weight excluding hydrogens is 326 g/mol. The summed E-state index contributed by atoms with van der Waals surface area (Å²) in [6.45, 7) is 8.75. The maximum Gasteiger partial charge on any atom is 0.230 e. The molecule has 0 aliphatic heterocycles. The highest BCUT2D eigenvalue weighted by Gasteiger charge is 2.29. The third-order valence-electron chi connectivity index (χ3n) is 4.56. The lowest BCUT2D eigenvalue weighted by Crippen LogP contribution is -2.41. The molecule has 0 radical (unpaired) electrons. The first-order valence-corrected chi connectivity index (χ1v) is 8.91. The molecule has 0 aromatic heterocycles. The maximum absolute atomic E-state index is 12.6. The summed E-state index contributed by atoms with van der Waals surface area (Å²) in [5.74, 6) is 1.87. The highest BCUT2D eigenvalue weighted by molar-refractivity contribution is 5.87. The summed E-state index contributed by atoms with van der Waals surface area (Å²) >= 11 is 0. The van der Waals surface area contributed by atoms with E-state index in [1.807, 2.05) is 56.3 Å². The van der Waals surface area contributed by atoms with E-state index in [0.717, 1.165) is 16.7 Å². The third-order valence-corrected chi connectivity index (χ3v) is 4.56. The molecule has 0 spiro atoms. The van der Waals surface area contributed by atoms with Gasteiger partial charge in [-0.2, -0.15) is 0 Å². The van der Waals surface area contributed by atoms with Crippen LogP contribution in [-0.4, -0.2) is 26.7 Å². The molecule has 2 aromatic carbocycles. The van der Waals surface area contributed by atoms with Gasteiger partial charge in [-0.15, -0.1) is 0 Å². The molecule has 0 heterocycles. The SMILES string of the molecule is COc1cccc(-c2ccc(C(C)(C)C(=O)NCC(C)C)cc2)c1OC. The molecule has 4 heteroatoms. The molecule has 0 atom stereocenters. The van der Waals surface area contributed by atoms with Crippen LogP contribution in [0.2, 0.25) is 0 Å². The van der Waals surface area contributed by atoms with Gasteiger partial charge in [0.15, 0.2) is 11.5 Å². The average Bonchev–Trinajstić information content (AvgIpc) is 2.65. The summed E-state index contributed by atoms with van der Waals surface area (Å²) < 4.78 is 10.9. The highest BCUT2D eigenvalue weighted by Crippen LogP contribution is 2.38. The van der Waals surface area contributed by atoms with Gasteiger partial charge in [-0.25, -0.2) is 0 Å². The van der Waals surface area contributed by atoms with E-state index in [4.69, 9.17) is 9.47 Å². The molecule has 0 saturated heterocycles. The molecule has 0 saturated carbocycles. The molecule has 26 heavy (non-hydrogen) atoms. The Morgan fingerprint density at radius 1 is 1.04 bits per heavy atom. The van der Waals surface area contributed by atoms with Crippen molar-refractivity contribution >= 4 is 5.91 Å². The normalized spacial score (nSPS) is 11.3. The van der Waals surface area contributed by atoms with Gasteiger partial charge in [-0.3, -0.25) is 4.79 Å². The largest absolute Gasteiger partial charge is 0.493 e. The van der Waals surface area contributed by atoms with Crippen molar-refractivity contribution < 1.29 is 14.3 Å². The van der Waals surface area contributed by atoms with Crippen molar-refractivity contribution in [2.75, 3.05) is 20.8 Å². The Bertz CT molecular complexity index is 748. The molecule has 0 unspecified atom stereocenters. The predicted molar refractivity (Wildman–Crippen MR) is 106 cm³/mol.